The Morgan fingerprint density at radius 2 is 1.53 bits per heavy atom. The van der Waals surface area contributed by atoms with Crippen LogP contribution in [0, 0.1) is 17.8 Å². The number of anilines is 1. The molecule has 0 heterocycles. The van der Waals surface area contributed by atoms with Crippen molar-refractivity contribution in [3.63, 3.8) is 0 Å². The second-order valence-corrected chi connectivity index (χ2v) is 10.3. The van der Waals surface area contributed by atoms with E-state index in [1.54, 1.807) is 4.90 Å². The van der Waals surface area contributed by atoms with Crippen LogP contribution in [-0.4, -0.2) is 23.9 Å². The molecule has 0 spiro atoms. The van der Waals surface area contributed by atoms with Crippen molar-refractivity contribution in [2.45, 2.75) is 63.5 Å². The minimum absolute atomic E-state index is 0.115. The molecular weight excluding hydrogens is 368 g/mol. The molecule has 4 aliphatic rings. The minimum Gasteiger partial charge on any atom is -0.374 e. The van der Waals surface area contributed by atoms with E-state index >= 15 is 0 Å². The molecule has 4 aliphatic carbocycles. The molecular formula is C27H34N2O. The van der Waals surface area contributed by atoms with E-state index in [0.717, 1.165) is 29.0 Å². The molecule has 1 N–H and O–H groups in total. The lowest BCUT2D eigenvalue weighted by Gasteiger charge is -2.57. The Morgan fingerprint density at radius 1 is 0.967 bits per heavy atom. The van der Waals surface area contributed by atoms with Gasteiger partial charge in [-0.05, 0) is 91.9 Å². The van der Waals surface area contributed by atoms with Crippen molar-refractivity contribution < 1.29 is 4.79 Å². The molecule has 4 saturated carbocycles. The SMILES string of the molecule is C[C@H](Nc1ccc(C23CC4CC(CC(C4)C2)C3)cc1)C(=O)N(C)Cc1ccccc1. The summed E-state index contributed by atoms with van der Waals surface area (Å²) in [5.74, 6) is 3.01. The van der Waals surface area contributed by atoms with Gasteiger partial charge in [0.1, 0.15) is 6.04 Å². The van der Waals surface area contributed by atoms with Gasteiger partial charge in [0.2, 0.25) is 5.91 Å². The number of hydrogen-bond acceptors (Lipinski definition) is 2. The number of benzene rings is 2. The summed E-state index contributed by atoms with van der Waals surface area (Å²) in [6.45, 7) is 2.59. The molecule has 0 saturated heterocycles. The number of hydrogen-bond donors (Lipinski definition) is 1. The van der Waals surface area contributed by atoms with Crippen molar-refractivity contribution in [1.82, 2.24) is 4.90 Å². The van der Waals surface area contributed by atoms with Gasteiger partial charge in [0.15, 0.2) is 0 Å². The van der Waals surface area contributed by atoms with Crippen molar-refractivity contribution in [3.8, 4) is 0 Å². The maximum Gasteiger partial charge on any atom is 0.244 e. The minimum atomic E-state index is -0.246. The number of nitrogens with one attached hydrogen (secondary N) is 1. The third-order valence-electron chi connectivity index (χ3n) is 7.93. The molecule has 158 valence electrons. The van der Waals surface area contributed by atoms with Gasteiger partial charge in [0, 0.05) is 19.3 Å². The van der Waals surface area contributed by atoms with Crippen LogP contribution in [0.1, 0.15) is 56.6 Å². The molecule has 1 amide bonds. The Labute approximate surface area is 180 Å². The fourth-order valence-corrected chi connectivity index (χ4v) is 6.96. The van der Waals surface area contributed by atoms with Crippen molar-refractivity contribution >= 4 is 11.6 Å². The number of carbonyl (C=O) groups is 1. The molecule has 0 radical (unpaired) electrons. The molecule has 6 rings (SSSR count). The molecule has 3 heteroatoms. The summed E-state index contributed by atoms with van der Waals surface area (Å²) < 4.78 is 0. The van der Waals surface area contributed by atoms with Crippen molar-refractivity contribution in [2.75, 3.05) is 12.4 Å². The van der Waals surface area contributed by atoms with Gasteiger partial charge in [0.25, 0.3) is 0 Å². The average molecular weight is 403 g/mol. The summed E-state index contributed by atoms with van der Waals surface area (Å²) in [6.07, 6.45) is 8.62. The second kappa shape index (κ2) is 7.76. The van der Waals surface area contributed by atoms with Crippen LogP contribution >= 0.6 is 0 Å². The molecule has 2 aromatic rings. The molecule has 0 aliphatic heterocycles. The van der Waals surface area contributed by atoms with Crippen molar-refractivity contribution in [1.29, 1.82) is 0 Å². The molecule has 0 unspecified atom stereocenters. The van der Waals surface area contributed by atoms with Gasteiger partial charge in [-0.15, -0.1) is 0 Å². The van der Waals surface area contributed by atoms with E-state index in [9.17, 15) is 4.79 Å². The zero-order valence-corrected chi connectivity index (χ0v) is 18.3. The van der Waals surface area contributed by atoms with Gasteiger partial charge in [-0.3, -0.25) is 4.79 Å². The van der Waals surface area contributed by atoms with Crippen LogP contribution in [0.5, 0.6) is 0 Å². The van der Waals surface area contributed by atoms with E-state index in [2.05, 4.69) is 41.7 Å². The van der Waals surface area contributed by atoms with Gasteiger partial charge in [-0.25, -0.2) is 0 Å². The van der Waals surface area contributed by atoms with Crippen LogP contribution in [0.2, 0.25) is 0 Å². The van der Waals surface area contributed by atoms with E-state index in [0.29, 0.717) is 12.0 Å². The van der Waals surface area contributed by atoms with Crippen LogP contribution in [-0.2, 0) is 16.8 Å². The summed E-state index contributed by atoms with van der Waals surface area (Å²) >= 11 is 0. The van der Waals surface area contributed by atoms with Crippen molar-refractivity contribution in [2.24, 2.45) is 17.8 Å². The molecule has 4 bridgehead atoms. The summed E-state index contributed by atoms with van der Waals surface area (Å²) in [5, 5.41) is 3.42. The van der Waals surface area contributed by atoms with Crippen LogP contribution in [0.15, 0.2) is 54.6 Å². The normalized spacial score (nSPS) is 30.1. The lowest BCUT2D eigenvalue weighted by atomic mass is 9.48. The van der Waals surface area contributed by atoms with Crippen LogP contribution < -0.4 is 5.32 Å². The third kappa shape index (κ3) is 3.75. The van der Waals surface area contributed by atoms with Crippen molar-refractivity contribution in [3.05, 3.63) is 65.7 Å². The van der Waals surface area contributed by atoms with E-state index in [1.165, 1.54) is 44.1 Å². The summed E-state index contributed by atoms with van der Waals surface area (Å²) in [6, 6.07) is 19.0. The molecule has 3 nitrogen and oxygen atoms in total. The van der Waals surface area contributed by atoms with Crippen LogP contribution in [0.4, 0.5) is 5.69 Å². The van der Waals surface area contributed by atoms with Gasteiger partial charge in [-0.1, -0.05) is 42.5 Å². The number of carbonyl (C=O) groups excluding carboxylic acids is 1. The number of likely N-dealkylation sites (N-methyl/N-ethyl adjacent to an activating group) is 1. The number of nitrogens with zero attached hydrogens (tertiary/aromatic N) is 1. The second-order valence-electron chi connectivity index (χ2n) is 10.3. The topological polar surface area (TPSA) is 32.3 Å². The van der Waals surface area contributed by atoms with E-state index < -0.39 is 0 Å². The lowest BCUT2D eigenvalue weighted by Crippen LogP contribution is -2.48. The third-order valence-corrected chi connectivity index (χ3v) is 7.93. The first-order valence-corrected chi connectivity index (χ1v) is 11.7. The first kappa shape index (κ1) is 19.7. The fourth-order valence-electron chi connectivity index (χ4n) is 6.96. The predicted molar refractivity (Wildman–Crippen MR) is 122 cm³/mol. The monoisotopic (exact) mass is 402 g/mol. The molecule has 30 heavy (non-hydrogen) atoms. The molecule has 0 aromatic heterocycles. The Balaban J connectivity index is 1.22. The first-order valence-electron chi connectivity index (χ1n) is 11.7. The standard InChI is InChI=1S/C27H34N2O/c1-19(26(30)29(2)18-20-6-4-3-5-7-20)28-25-10-8-24(9-11-25)27-15-21-12-22(16-27)14-23(13-21)17-27/h3-11,19,21-23,28H,12-18H2,1-2H3/t19-,21?,22?,23?,27?/m0/s1. The maximum atomic E-state index is 12.8. The van der Waals surface area contributed by atoms with E-state index in [1.807, 2.05) is 32.2 Å². The number of amides is 1. The Kier molecular flexibility index (Phi) is 5.08. The van der Waals surface area contributed by atoms with Crippen LogP contribution in [0.25, 0.3) is 0 Å². The zero-order valence-electron chi connectivity index (χ0n) is 18.3. The van der Waals surface area contributed by atoms with Crippen LogP contribution in [0.3, 0.4) is 0 Å². The Bertz CT molecular complexity index is 854. The fraction of sp³-hybridized carbons (Fsp3) is 0.519. The highest BCUT2D eigenvalue weighted by atomic mass is 16.2. The predicted octanol–water partition coefficient (Wildman–Crippen LogP) is 5.61. The highest BCUT2D eigenvalue weighted by Gasteiger charge is 2.51. The lowest BCUT2D eigenvalue weighted by molar-refractivity contribution is -0.130. The Hall–Kier alpha value is -2.29. The van der Waals surface area contributed by atoms with E-state index in [4.69, 9.17) is 0 Å². The van der Waals surface area contributed by atoms with Gasteiger partial charge < -0.3 is 10.2 Å². The number of rotatable bonds is 6. The highest BCUT2D eigenvalue weighted by molar-refractivity contribution is 5.84. The summed E-state index contributed by atoms with van der Waals surface area (Å²) in [7, 11) is 1.88. The van der Waals surface area contributed by atoms with Gasteiger partial charge >= 0.3 is 0 Å². The largest absolute Gasteiger partial charge is 0.374 e. The quantitative estimate of drug-likeness (QED) is 0.681. The van der Waals surface area contributed by atoms with E-state index in [-0.39, 0.29) is 11.9 Å². The Morgan fingerprint density at radius 3 is 2.10 bits per heavy atom. The molecule has 4 fully saturated rings. The first-order chi connectivity index (χ1) is 14.5. The van der Waals surface area contributed by atoms with Gasteiger partial charge in [-0.2, -0.15) is 0 Å². The maximum absolute atomic E-state index is 12.8. The molecule has 2 aromatic carbocycles. The smallest absolute Gasteiger partial charge is 0.244 e. The average Bonchev–Trinajstić information content (AvgIpc) is 2.73. The summed E-state index contributed by atoms with van der Waals surface area (Å²) in [5.41, 5.74) is 4.16. The highest BCUT2D eigenvalue weighted by Crippen LogP contribution is 2.60. The summed E-state index contributed by atoms with van der Waals surface area (Å²) in [4.78, 5) is 14.6. The van der Waals surface area contributed by atoms with Gasteiger partial charge in [0.05, 0.1) is 0 Å². The zero-order chi connectivity index (χ0) is 20.7. The molecule has 1 atom stereocenters.